The molecular formula is C18H20N2O4S. The Bertz CT molecular complexity index is 827. The molecule has 7 heteroatoms. The highest BCUT2D eigenvalue weighted by Gasteiger charge is 2.25. The molecular weight excluding hydrogens is 340 g/mol. The van der Waals surface area contributed by atoms with Crippen LogP contribution in [0.25, 0.3) is 0 Å². The fourth-order valence-electron chi connectivity index (χ4n) is 2.71. The average Bonchev–Trinajstić information content (AvgIpc) is 3.03. The molecule has 3 rings (SSSR count). The third-order valence-corrected chi connectivity index (χ3v) is 5.88. The lowest BCUT2D eigenvalue weighted by Crippen LogP contribution is -2.41. The van der Waals surface area contributed by atoms with Crippen LogP contribution in [0.5, 0.6) is 5.75 Å². The number of fused-ring (bicyclic) bond motifs is 1. The number of nitrogens with zero attached hydrogens (tertiary/aromatic N) is 1. The number of carbonyl (C=O) groups excluding carboxylic acids is 1. The standard InChI is InChI=1S/C18H20N2O4S/c1-20(25(22,23)16-8-3-2-4-9-16)13-18(21)19-12-15-11-14-7-5-6-10-17(14)24-15/h2-10,15H,11-13H2,1H3,(H,19,21). The summed E-state index contributed by atoms with van der Waals surface area (Å²) in [6, 6.07) is 15.8. The van der Waals surface area contributed by atoms with Crippen LogP contribution in [0, 0.1) is 0 Å². The van der Waals surface area contributed by atoms with Crippen LogP contribution in [0.3, 0.4) is 0 Å². The Hall–Kier alpha value is -2.38. The number of para-hydroxylation sites is 1. The Labute approximate surface area is 147 Å². The molecule has 1 heterocycles. The number of hydrogen-bond acceptors (Lipinski definition) is 4. The van der Waals surface area contributed by atoms with Gasteiger partial charge in [0.1, 0.15) is 11.9 Å². The lowest BCUT2D eigenvalue weighted by molar-refractivity contribution is -0.121. The van der Waals surface area contributed by atoms with E-state index in [-0.39, 0.29) is 23.5 Å². The summed E-state index contributed by atoms with van der Waals surface area (Å²) in [6.07, 6.45) is 0.603. The predicted molar refractivity (Wildman–Crippen MR) is 93.8 cm³/mol. The second kappa shape index (κ2) is 7.25. The molecule has 0 bridgehead atoms. The van der Waals surface area contributed by atoms with Crippen LogP contribution in [-0.4, -0.2) is 44.9 Å². The van der Waals surface area contributed by atoms with Crippen molar-refractivity contribution < 1.29 is 17.9 Å². The fourth-order valence-corrected chi connectivity index (χ4v) is 3.86. The van der Waals surface area contributed by atoms with Crippen LogP contribution in [0.4, 0.5) is 0 Å². The quantitative estimate of drug-likeness (QED) is 0.846. The van der Waals surface area contributed by atoms with Crippen molar-refractivity contribution in [3.8, 4) is 5.75 Å². The summed E-state index contributed by atoms with van der Waals surface area (Å²) in [5, 5.41) is 2.74. The Balaban J connectivity index is 1.51. The molecule has 6 nitrogen and oxygen atoms in total. The van der Waals surface area contributed by atoms with Gasteiger partial charge in [-0.15, -0.1) is 0 Å². The van der Waals surface area contributed by atoms with E-state index in [0.717, 1.165) is 22.0 Å². The predicted octanol–water partition coefficient (Wildman–Crippen LogP) is 1.43. The first-order chi connectivity index (χ1) is 12.0. The topological polar surface area (TPSA) is 75.7 Å². The Morgan fingerprint density at radius 2 is 1.84 bits per heavy atom. The van der Waals surface area contributed by atoms with Gasteiger partial charge in [-0.1, -0.05) is 36.4 Å². The minimum atomic E-state index is -3.67. The van der Waals surface area contributed by atoms with E-state index in [0.29, 0.717) is 6.54 Å². The molecule has 0 aliphatic carbocycles. The highest BCUT2D eigenvalue weighted by Crippen LogP contribution is 2.27. The van der Waals surface area contributed by atoms with Crippen molar-refractivity contribution in [2.45, 2.75) is 17.4 Å². The lowest BCUT2D eigenvalue weighted by atomic mass is 10.1. The van der Waals surface area contributed by atoms with E-state index in [4.69, 9.17) is 4.74 Å². The minimum absolute atomic E-state index is 0.127. The number of likely N-dealkylation sites (N-methyl/N-ethyl adjacent to an activating group) is 1. The molecule has 1 aliphatic heterocycles. The van der Waals surface area contributed by atoms with E-state index >= 15 is 0 Å². The maximum atomic E-state index is 12.4. The zero-order valence-electron chi connectivity index (χ0n) is 13.9. The number of benzene rings is 2. The highest BCUT2D eigenvalue weighted by molar-refractivity contribution is 7.89. The first-order valence-corrected chi connectivity index (χ1v) is 9.43. The Kier molecular flexibility index (Phi) is 5.06. The second-order valence-electron chi connectivity index (χ2n) is 5.93. The third-order valence-electron chi connectivity index (χ3n) is 4.06. The number of carbonyl (C=O) groups is 1. The van der Waals surface area contributed by atoms with Crippen LogP contribution in [0.15, 0.2) is 59.5 Å². The molecule has 1 atom stereocenters. The van der Waals surface area contributed by atoms with Gasteiger partial charge in [0.05, 0.1) is 18.0 Å². The zero-order valence-corrected chi connectivity index (χ0v) is 14.7. The van der Waals surface area contributed by atoms with Gasteiger partial charge in [-0.2, -0.15) is 4.31 Å². The zero-order chi connectivity index (χ0) is 17.9. The fraction of sp³-hybridized carbons (Fsp3) is 0.278. The Morgan fingerprint density at radius 3 is 2.56 bits per heavy atom. The van der Waals surface area contributed by atoms with Gasteiger partial charge in [0.25, 0.3) is 0 Å². The second-order valence-corrected chi connectivity index (χ2v) is 7.97. The van der Waals surface area contributed by atoms with Crippen LogP contribution in [-0.2, 0) is 21.2 Å². The van der Waals surface area contributed by atoms with Gasteiger partial charge in [-0.05, 0) is 23.8 Å². The van der Waals surface area contributed by atoms with Crippen LogP contribution in [0.1, 0.15) is 5.56 Å². The molecule has 132 valence electrons. The number of ether oxygens (including phenoxy) is 1. The van der Waals surface area contributed by atoms with Gasteiger partial charge in [-0.25, -0.2) is 8.42 Å². The van der Waals surface area contributed by atoms with Crippen molar-refractivity contribution >= 4 is 15.9 Å². The maximum Gasteiger partial charge on any atom is 0.243 e. The molecule has 25 heavy (non-hydrogen) atoms. The Morgan fingerprint density at radius 1 is 1.16 bits per heavy atom. The summed E-state index contributed by atoms with van der Waals surface area (Å²) in [4.78, 5) is 12.3. The van der Waals surface area contributed by atoms with Crippen LogP contribution in [0.2, 0.25) is 0 Å². The van der Waals surface area contributed by atoms with Gasteiger partial charge in [0.2, 0.25) is 15.9 Å². The number of hydrogen-bond donors (Lipinski definition) is 1. The normalized spacial score (nSPS) is 16.3. The molecule has 1 unspecified atom stereocenters. The van der Waals surface area contributed by atoms with Crippen LogP contribution >= 0.6 is 0 Å². The molecule has 0 radical (unpaired) electrons. The molecule has 2 aromatic rings. The van der Waals surface area contributed by atoms with Crippen molar-refractivity contribution in [2.24, 2.45) is 0 Å². The van der Waals surface area contributed by atoms with Gasteiger partial charge in [0.15, 0.2) is 0 Å². The molecule has 0 spiro atoms. The van der Waals surface area contributed by atoms with Crippen LogP contribution < -0.4 is 10.1 Å². The highest BCUT2D eigenvalue weighted by atomic mass is 32.2. The van der Waals surface area contributed by atoms with E-state index in [9.17, 15) is 13.2 Å². The van der Waals surface area contributed by atoms with Crippen molar-refractivity contribution in [1.82, 2.24) is 9.62 Å². The van der Waals surface area contributed by atoms with Crippen molar-refractivity contribution in [1.29, 1.82) is 0 Å². The van der Waals surface area contributed by atoms with Gasteiger partial charge in [0, 0.05) is 13.5 Å². The van der Waals surface area contributed by atoms with Crippen molar-refractivity contribution in [3.63, 3.8) is 0 Å². The lowest BCUT2D eigenvalue weighted by Gasteiger charge is -2.18. The van der Waals surface area contributed by atoms with Crippen molar-refractivity contribution in [3.05, 3.63) is 60.2 Å². The van der Waals surface area contributed by atoms with Gasteiger partial charge in [-0.3, -0.25) is 4.79 Å². The summed E-state index contributed by atoms with van der Waals surface area (Å²) < 4.78 is 31.6. The molecule has 0 aromatic heterocycles. The molecule has 0 saturated heterocycles. The van der Waals surface area contributed by atoms with Gasteiger partial charge < -0.3 is 10.1 Å². The summed E-state index contributed by atoms with van der Waals surface area (Å²) in [6.45, 7) is 0.101. The first-order valence-electron chi connectivity index (χ1n) is 7.99. The molecule has 1 N–H and O–H groups in total. The monoisotopic (exact) mass is 360 g/mol. The third kappa shape index (κ3) is 4.00. The average molecular weight is 360 g/mol. The SMILES string of the molecule is CN(CC(=O)NCC1Cc2ccccc2O1)S(=O)(=O)c1ccccc1. The molecule has 0 saturated carbocycles. The van der Waals surface area contributed by atoms with E-state index in [1.807, 2.05) is 24.3 Å². The largest absolute Gasteiger partial charge is 0.488 e. The van der Waals surface area contributed by atoms with Gasteiger partial charge >= 0.3 is 0 Å². The maximum absolute atomic E-state index is 12.4. The summed E-state index contributed by atoms with van der Waals surface area (Å²) >= 11 is 0. The first kappa shape index (κ1) is 17.4. The number of amides is 1. The molecule has 1 aliphatic rings. The summed E-state index contributed by atoms with van der Waals surface area (Å²) in [7, 11) is -2.28. The number of nitrogens with one attached hydrogen (secondary N) is 1. The van der Waals surface area contributed by atoms with E-state index in [1.54, 1.807) is 18.2 Å². The summed E-state index contributed by atoms with van der Waals surface area (Å²) in [5.74, 6) is 0.479. The smallest absolute Gasteiger partial charge is 0.243 e. The number of rotatable bonds is 6. The van der Waals surface area contributed by atoms with E-state index in [1.165, 1.54) is 19.2 Å². The number of sulfonamides is 1. The van der Waals surface area contributed by atoms with E-state index in [2.05, 4.69) is 5.32 Å². The molecule has 1 amide bonds. The van der Waals surface area contributed by atoms with E-state index < -0.39 is 10.0 Å². The molecule has 2 aromatic carbocycles. The van der Waals surface area contributed by atoms with Crippen molar-refractivity contribution in [2.75, 3.05) is 20.1 Å². The minimum Gasteiger partial charge on any atom is -0.488 e. The summed E-state index contributed by atoms with van der Waals surface area (Å²) in [5.41, 5.74) is 1.12. The molecule has 0 fully saturated rings.